The van der Waals surface area contributed by atoms with Crippen molar-refractivity contribution in [2.75, 3.05) is 24.7 Å². The molecule has 2 aromatic rings. The lowest BCUT2D eigenvalue weighted by Gasteiger charge is -2.33. The van der Waals surface area contributed by atoms with Crippen molar-refractivity contribution < 1.29 is 14.3 Å². The number of carbonyl (C=O) groups excluding carboxylic acids is 1. The van der Waals surface area contributed by atoms with Crippen molar-refractivity contribution in [2.24, 2.45) is 0 Å². The van der Waals surface area contributed by atoms with Crippen LogP contribution in [0.15, 0.2) is 54.6 Å². The molecular formula is C24H30O3S2. The molecule has 0 atom stereocenters. The minimum absolute atomic E-state index is 0.0375. The van der Waals surface area contributed by atoms with Gasteiger partial charge in [0, 0.05) is 0 Å². The number of hydrogen-bond acceptors (Lipinski definition) is 5. The quantitative estimate of drug-likeness (QED) is 0.321. The van der Waals surface area contributed by atoms with E-state index in [9.17, 15) is 4.79 Å². The Kier molecular flexibility index (Phi) is 8.81. The Balaban J connectivity index is 1.38. The minimum Gasteiger partial charge on any atom is -0.494 e. The van der Waals surface area contributed by atoms with Crippen LogP contribution in [0, 0.1) is 0 Å². The molecule has 0 bridgehead atoms. The molecule has 5 heteroatoms. The second-order valence-electron chi connectivity index (χ2n) is 7.07. The normalized spacial score (nSPS) is 15.6. The van der Waals surface area contributed by atoms with E-state index >= 15 is 0 Å². The second kappa shape index (κ2) is 11.6. The van der Waals surface area contributed by atoms with Gasteiger partial charge in [0.15, 0.2) is 4.08 Å². The van der Waals surface area contributed by atoms with E-state index in [-0.39, 0.29) is 10.0 Å². The molecule has 3 rings (SSSR count). The first-order valence-electron chi connectivity index (χ1n) is 10.5. The number of carbonyl (C=O) groups is 1. The fraction of sp³-hybridized carbons (Fsp3) is 0.458. The Bertz CT molecular complexity index is 740. The highest BCUT2D eigenvalue weighted by Gasteiger charge is 2.42. The highest BCUT2D eigenvalue weighted by atomic mass is 32.2. The molecule has 0 aromatic heterocycles. The summed E-state index contributed by atoms with van der Waals surface area (Å²) in [5.41, 5.74) is 2.41. The molecule has 0 radical (unpaired) electrons. The molecule has 0 spiro atoms. The lowest BCUT2D eigenvalue weighted by atomic mass is 10.1. The number of ether oxygens (including phenoxy) is 2. The molecule has 1 fully saturated rings. The first-order valence-corrected chi connectivity index (χ1v) is 12.4. The summed E-state index contributed by atoms with van der Waals surface area (Å²) in [6.45, 7) is 3.05. The average molecular weight is 431 g/mol. The first kappa shape index (κ1) is 22.1. The van der Waals surface area contributed by atoms with E-state index in [0.717, 1.165) is 42.9 Å². The van der Waals surface area contributed by atoms with Crippen LogP contribution in [0.1, 0.15) is 39.0 Å². The molecule has 156 valence electrons. The van der Waals surface area contributed by atoms with E-state index in [1.165, 1.54) is 17.5 Å². The molecule has 1 aliphatic heterocycles. The number of unbranched alkanes of at least 4 members (excludes halogenated alkanes) is 2. The molecule has 0 saturated carbocycles. The maximum atomic E-state index is 12.5. The summed E-state index contributed by atoms with van der Waals surface area (Å²) >= 11 is 3.55. The van der Waals surface area contributed by atoms with Crippen LogP contribution >= 0.6 is 23.5 Å². The number of thioether (sulfide) groups is 2. The summed E-state index contributed by atoms with van der Waals surface area (Å²) in [6.07, 6.45) is 5.13. The molecule has 0 amide bonds. The van der Waals surface area contributed by atoms with Crippen molar-refractivity contribution in [1.29, 1.82) is 0 Å². The summed E-state index contributed by atoms with van der Waals surface area (Å²) in [4.78, 5) is 12.5. The third kappa shape index (κ3) is 6.45. The van der Waals surface area contributed by atoms with E-state index in [4.69, 9.17) is 9.47 Å². The summed E-state index contributed by atoms with van der Waals surface area (Å²) in [7, 11) is 0. The third-order valence-corrected chi connectivity index (χ3v) is 8.29. The van der Waals surface area contributed by atoms with Crippen molar-refractivity contribution in [2.45, 2.75) is 43.1 Å². The van der Waals surface area contributed by atoms with Gasteiger partial charge in [-0.3, -0.25) is 0 Å². The maximum Gasteiger partial charge on any atom is 0.332 e. The van der Waals surface area contributed by atoms with Crippen molar-refractivity contribution in [1.82, 2.24) is 0 Å². The van der Waals surface area contributed by atoms with E-state index in [2.05, 4.69) is 36.4 Å². The summed E-state index contributed by atoms with van der Waals surface area (Å²) in [6, 6.07) is 18.6. The summed E-state index contributed by atoms with van der Waals surface area (Å²) < 4.78 is 10.9. The standard InChI is InChI=1S/C24H30O3S2/c1-2-26-23(25)24(28-18-9-19-29-24)16-7-4-8-17-27-22-14-12-21(13-15-22)20-10-5-3-6-11-20/h3,5-6,10-15H,2,4,7-9,16-19H2,1H3. The van der Waals surface area contributed by atoms with Crippen LogP contribution in [-0.4, -0.2) is 34.8 Å². The summed E-state index contributed by atoms with van der Waals surface area (Å²) in [5, 5.41) is 0. The van der Waals surface area contributed by atoms with Crippen LogP contribution in [0.3, 0.4) is 0 Å². The van der Waals surface area contributed by atoms with Crippen molar-refractivity contribution in [3.05, 3.63) is 54.6 Å². The molecule has 29 heavy (non-hydrogen) atoms. The molecule has 1 heterocycles. The lowest BCUT2D eigenvalue weighted by Crippen LogP contribution is -2.36. The molecular weight excluding hydrogens is 400 g/mol. The van der Waals surface area contributed by atoms with E-state index in [1.807, 2.05) is 25.1 Å². The van der Waals surface area contributed by atoms with Gasteiger partial charge in [0.05, 0.1) is 13.2 Å². The van der Waals surface area contributed by atoms with Crippen LogP contribution < -0.4 is 4.74 Å². The van der Waals surface area contributed by atoms with Crippen LogP contribution in [0.4, 0.5) is 0 Å². The van der Waals surface area contributed by atoms with Gasteiger partial charge in [-0.15, -0.1) is 23.5 Å². The fourth-order valence-electron chi connectivity index (χ4n) is 3.38. The Morgan fingerprint density at radius 3 is 2.31 bits per heavy atom. The Hall–Kier alpha value is -1.59. The number of esters is 1. The predicted molar refractivity (Wildman–Crippen MR) is 125 cm³/mol. The highest BCUT2D eigenvalue weighted by Crippen LogP contribution is 2.46. The Morgan fingerprint density at radius 1 is 0.931 bits per heavy atom. The zero-order valence-electron chi connectivity index (χ0n) is 17.1. The van der Waals surface area contributed by atoms with Crippen molar-refractivity contribution in [3.8, 4) is 16.9 Å². The maximum absolute atomic E-state index is 12.5. The smallest absolute Gasteiger partial charge is 0.332 e. The third-order valence-electron chi connectivity index (χ3n) is 4.93. The van der Waals surface area contributed by atoms with Gasteiger partial charge in [0.25, 0.3) is 0 Å². The lowest BCUT2D eigenvalue weighted by molar-refractivity contribution is -0.143. The number of hydrogen-bond donors (Lipinski definition) is 0. The van der Waals surface area contributed by atoms with E-state index < -0.39 is 0 Å². The number of benzene rings is 2. The zero-order chi connectivity index (χ0) is 20.4. The molecule has 0 N–H and O–H groups in total. The topological polar surface area (TPSA) is 35.5 Å². The minimum atomic E-state index is -0.387. The fourth-order valence-corrected chi connectivity index (χ4v) is 6.56. The van der Waals surface area contributed by atoms with Gasteiger partial charge in [-0.2, -0.15) is 0 Å². The van der Waals surface area contributed by atoms with Gasteiger partial charge in [0.1, 0.15) is 5.75 Å². The predicted octanol–water partition coefficient (Wildman–Crippen LogP) is 6.42. The summed E-state index contributed by atoms with van der Waals surface area (Å²) in [5.74, 6) is 2.97. The van der Waals surface area contributed by atoms with Gasteiger partial charge < -0.3 is 9.47 Å². The molecule has 2 aromatic carbocycles. The Morgan fingerprint density at radius 2 is 1.62 bits per heavy atom. The number of rotatable bonds is 10. The van der Waals surface area contributed by atoms with E-state index in [1.54, 1.807) is 23.5 Å². The first-order chi connectivity index (χ1) is 14.2. The van der Waals surface area contributed by atoms with E-state index in [0.29, 0.717) is 13.2 Å². The van der Waals surface area contributed by atoms with Gasteiger partial charge >= 0.3 is 5.97 Å². The molecule has 0 unspecified atom stereocenters. The molecule has 0 aliphatic carbocycles. The molecule has 1 saturated heterocycles. The molecule has 3 nitrogen and oxygen atoms in total. The SMILES string of the molecule is CCOC(=O)C1(CCCCCOc2ccc(-c3ccccc3)cc2)SCCCS1. The molecule has 1 aliphatic rings. The van der Waals surface area contributed by atoms with Crippen LogP contribution in [0.2, 0.25) is 0 Å². The average Bonchev–Trinajstić information content (AvgIpc) is 2.78. The highest BCUT2D eigenvalue weighted by molar-refractivity contribution is 8.19. The zero-order valence-corrected chi connectivity index (χ0v) is 18.7. The van der Waals surface area contributed by atoms with Crippen molar-refractivity contribution >= 4 is 29.5 Å². The largest absolute Gasteiger partial charge is 0.494 e. The van der Waals surface area contributed by atoms with Crippen LogP contribution in [0.5, 0.6) is 5.75 Å². The monoisotopic (exact) mass is 430 g/mol. The second-order valence-corrected chi connectivity index (χ2v) is 10.1. The van der Waals surface area contributed by atoms with Crippen LogP contribution in [-0.2, 0) is 9.53 Å². The Labute approximate surface area is 182 Å². The van der Waals surface area contributed by atoms with Crippen molar-refractivity contribution in [3.63, 3.8) is 0 Å². The van der Waals surface area contributed by atoms with Gasteiger partial charge in [-0.05, 0) is 67.4 Å². The van der Waals surface area contributed by atoms with Gasteiger partial charge in [0.2, 0.25) is 0 Å². The van der Waals surface area contributed by atoms with Crippen LogP contribution in [0.25, 0.3) is 11.1 Å². The van der Waals surface area contributed by atoms with Gasteiger partial charge in [-0.25, -0.2) is 4.79 Å². The van der Waals surface area contributed by atoms with Gasteiger partial charge in [-0.1, -0.05) is 48.9 Å².